The third kappa shape index (κ3) is 36.9. The Bertz CT molecular complexity index is 1340. The number of phosphoric acid groups is 1. The smallest absolute Gasteiger partial charge is 0.472 e. The zero-order valence-electron chi connectivity index (χ0n) is 33.0. The molecule has 55 heavy (non-hydrogen) atoms. The number of allylic oxidation sites excluding steroid dienone is 18. The minimum absolute atomic E-state index is 0.101. The van der Waals surface area contributed by atoms with Crippen LogP contribution in [-0.2, 0) is 37.5 Å². The predicted octanol–water partition coefficient (Wildman–Crippen LogP) is 9.88. The summed E-state index contributed by atoms with van der Waals surface area (Å²) in [5, 5.41) is 8.87. The number of aliphatic carboxylic acids is 1. The molecule has 0 radical (unpaired) electrons. The third-order valence-corrected chi connectivity index (χ3v) is 8.41. The van der Waals surface area contributed by atoms with Crippen molar-refractivity contribution >= 4 is 25.7 Å². The molecule has 0 heterocycles. The van der Waals surface area contributed by atoms with E-state index in [2.05, 4.69) is 48.8 Å². The van der Waals surface area contributed by atoms with E-state index in [4.69, 9.17) is 24.8 Å². The maximum absolute atomic E-state index is 12.6. The van der Waals surface area contributed by atoms with E-state index < -0.39 is 51.1 Å². The van der Waals surface area contributed by atoms with Crippen molar-refractivity contribution in [3.63, 3.8) is 0 Å². The number of esters is 2. The molecular formula is C43H66NO10P. The second-order valence-corrected chi connectivity index (χ2v) is 14.0. The van der Waals surface area contributed by atoms with Gasteiger partial charge in [-0.2, -0.15) is 0 Å². The molecule has 0 spiro atoms. The summed E-state index contributed by atoms with van der Waals surface area (Å²) < 4.78 is 32.5. The summed E-state index contributed by atoms with van der Waals surface area (Å²) in [5.74, 6) is -2.49. The number of ether oxygens (including phenoxy) is 2. The fraction of sp³-hybridized carbons (Fsp3) is 0.512. The van der Waals surface area contributed by atoms with Gasteiger partial charge < -0.3 is 25.2 Å². The number of hydrogen-bond donors (Lipinski definition) is 3. The van der Waals surface area contributed by atoms with E-state index >= 15 is 0 Å². The van der Waals surface area contributed by atoms with Gasteiger partial charge >= 0.3 is 25.7 Å². The quantitative estimate of drug-likeness (QED) is 0.0245. The molecule has 0 fully saturated rings. The lowest BCUT2D eigenvalue weighted by Gasteiger charge is -2.20. The number of carboxylic acids is 1. The number of carbonyl (C=O) groups excluding carboxylic acids is 2. The van der Waals surface area contributed by atoms with Crippen molar-refractivity contribution in [3.05, 3.63) is 109 Å². The molecule has 308 valence electrons. The first-order chi connectivity index (χ1) is 26.6. The molecule has 2 unspecified atom stereocenters. The van der Waals surface area contributed by atoms with Gasteiger partial charge in [-0.1, -0.05) is 155 Å². The monoisotopic (exact) mass is 787 g/mol. The Morgan fingerprint density at radius 2 is 1.02 bits per heavy atom. The van der Waals surface area contributed by atoms with Crippen molar-refractivity contribution in [1.82, 2.24) is 0 Å². The van der Waals surface area contributed by atoms with Gasteiger partial charge in [-0.3, -0.25) is 23.4 Å². The Morgan fingerprint density at radius 1 is 0.582 bits per heavy atom. The lowest BCUT2D eigenvalue weighted by atomic mass is 10.1. The van der Waals surface area contributed by atoms with Gasteiger partial charge in [-0.15, -0.1) is 0 Å². The minimum atomic E-state index is -4.74. The number of rotatable bonds is 34. The summed E-state index contributed by atoms with van der Waals surface area (Å²) in [6.45, 7) is 2.46. The molecule has 0 aromatic carbocycles. The SMILES string of the molecule is CC/C=C/C=C/C=C/C=C/CCCCCC(=O)OC(COC(=O)CCCCCCC/C=C/C=C/C=C/C=C/C=C/CCC)COP(=O)(O)OC[C@@H](N)C(=O)O. The molecular weight excluding hydrogens is 721 g/mol. The summed E-state index contributed by atoms with van der Waals surface area (Å²) in [6, 6.07) is -1.54. The molecule has 0 saturated carbocycles. The number of carboxylic acid groups (broad SMARTS) is 1. The lowest BCUT2D eigenvalue weighted by molar-refractivity contribution is -0.161. The second-order valence-electron chi connectivity index (χ2n) is 12.5. The summed E-state index contributed by atoms with van der Waals surface area (Å²) in [4.78, 5) is 45.8. The summed E-state index contributed by atoms with van der Waals surface area (Å²) in [7, 11) is -4.74. The Morgan fingerprint density at radius 3 is 1.55 bits per heavy atom. The highest BCUT2D eigenvalue weighted by Crippen LogP contribution is 2.43. The molecule has 3 atom stereocenters. The topological polar surface area (TPSA) is 172 Å². The second kappa shape index (κ2) is 37.1. The zero-order chi connectivity index (χ0) is 40.7. The molecule has 0 bridgehead atoms. The Balaban J connectivity index is 4.56. The Labute approximate surface area is 329 Å². The lowest BCUT2D eigenvalue weighted by Crippen LogP contribution is -2.34. The third-order valence-electron chi connectivity index (χ3n) is 7.46. The molecule has 0 aromatic heterocycles. The van der Waals surface area contributed by atoms with E-state index in [1.165, 1.54) is 0 Å². The van der Waals surface area contributed by atoms with Crippen molar-refractivity contribution < 1.29 is 47.5 Å². The summed E-state index contributed by atoms with van der Waals surface area (Å²) in [5.41, 5.74) is 5.31. The van der Waals surface area contributed by atoms with Gasteiger partial charge in [0.25, 0.3) is 0 Å². The largest absolute Gasteiger partial charge is 0.480 e. The fourth-order valence-corrected chi connectivity index (χ4v) is 5.17. The van der Waals surface area contributed by atoms with Crippen LogP contribution < -0.4 is 5.73 Å². The number of hydrogen-bond acceptors (Lipinski definition) is 9. The van der Waals surface area contributed by atoms with Crippen molar-refractivity contribution in [3.8, 4) is 0 Å². The van der Waals surface area contributed by atoms with Gasteiger partial charge in [0.1, 0.15) is 12.6 Å². The van der Waals surface area contributed by atoms with Crippen LogP contribution in [0.1, 0.15) is 110 Å². The van der Waals surface area contributed by atoms with Crippen molar-refractivity contribution in [1.29, 1.82) is 0 Å². The first-order valence-electron chi connectivity index (χ1n) is 19.5. The van der Waals surface area contributed by atoms with Crippen LogP contribution in [-0.4, -0.2) is 59.9 Å². The van der Waals surface area contributed by atoms with Crippen LogP contribution in [0.5, 0.6) is 0 Å². The van der Waals surface area contributed by atoms with Gasteiger partial charge in [0.05, 0.1) is 13.2 Å². The van der Waals surface area contributed by atoms with Crippen LogP contribution in [0.25, 0.3) is 0 Å². The van der Waals surface area contributed by atoms with Crippen molar-refractivity contribution in [2.24, 2.45) is 5.73 Å². The van der Waals surface area contributed by atoms with Crippen LogP contribution >= 0.6 is 7.82 Å². The number of unbranched alkanes of at least 4 members (excludes halogenated alkanes) is 9. The average molecular weight is 788 g/mol. The molecule has 12 heteroatoms. The normalized spacial score (nSPS) is 15.0. The number of phosphoric ester groups is 1. The van der Waals surface area contributed by atoms with Gasteiger partial charge in [0.2, 0.25) is 0 Å². The Kier molecular flexibility index (Phi) is 34.5. The maximum Gasteiger partial charge on any atom is 0.472 e. The summed E-state index contributed by atoms with van der Waals surface area (Å²) >= 11 is 0. The first-order valence-corrected chi connectivity index (χ1v) is 21.0. The van der Waals surface area contributed by atoms with Gasteiger partial charge in [-0.25, -0.2) is 4.57 Å². The molecule has 11 nitrogen and oxygen atoms in total. The van der Waals surface area contributed by atoms with Crippen molar-refractivity contribution in [2.75, 3.05) is 19.8 Å². The standard InChI is InChI=1S/C43H66NO10P/c1-3-5-7-9-11-13-15-17-18-19-20-21-23-24-26-28-30-32-34-41(45)51-36-39(37-52-55(49,50)53-38-40(44)43(47)48)54-42(46)35-33-31-29-27-25-22-16-14-12-10-8-6-4-2/h6-22,25,39-40H,3-5,23-24,26-38,44H2,1-2H3,(H,47,48)(H,49,50)/b8-6+,9-7+,12-10+,13-11+,16-14+,17-15+,19-18+,21-20+,25-22+/t39?,40-/m1/s1. The van der Waals surface area contributed by atoms with Gasteiger partial charge in [0, 0.05) is 12.8 Å². The maximum atomic E-state index is 12.6. The van der Waals surface area contributed by atoms with E-state index in [9.17, 15) is 23.8 Å². The van der Waals surface area contributed by atoms with E-state index in [1.807, 2.05) is 79.0 Å². The van der Waals surface area contributed by atoms with Crippen LogP contribution in [0.3, 0.4) is 0 Å². The average Bonchev–Trinajstić information content (AvgIpc) is 3.16. The molecule has 0 aliphatic carbocycles. The van der Waals surface area contributed by atoms with Gasteiger partial charge in [-0.05, 0) is 51.4 Å². The highest BCUT2D eigenvalue weighted by Gasteiger charge is 2.28. The van der Waals surface area contributed by atoms with E-state index in [0.717, 1.165) is 70.6 Å². The Hall–Kier alpha value is -3.86. The molecule has 0 amide bonds. The van der Waals surface area contributed by atoms with Crippen LogP contribution in [0, 0.1) is 0 Å². The van der Waals surface area contributed by atoms with Crippen LogP contribution in [0.15, 0.2) is 109 Å². The molecule has 0 saturated heterocycles. The van der Waals surface area contributed by atoms with E-state index in [1.54, 1.807) is 0 Å². The highest BCUT2D eigenvalue weighted by atomic mass is 31.2. The first kappa shape index (κ1) is 51.1. The van der Waals surface area contributed by atoms with Crippen LogP contribution in [0.2, 0.25) is 0 Å². The summed E-state index contributed by atoms with van der Waals surface area (Å²) in [6.07, 6.45) is 47.3. The van der Waals surface area contributed by atoms with Crippen LogP contribution in [0.4, 0.5) is 0 Å². The predicted molar refractivity (Wildman–Crippen MR) is 221 cm³/mol. The molecule has 0 aliphatic rings. The zero-order valence-corrected chi connectivity index (χ0v) is 33.9. The van der Waals surface area contributed by atoms with E-state index in [0.29, 0.717) is 12.8 Å². The highest BCUT2D eigenvalue weighted by molar-refractivity contribution is 7.47. The number of carbonyl (C=O) groups is 3. The van der Waals surface area contributed by atoms with E-state index in [-0.39, 0.29) is 19.4 Å². The van der Waals surface area contributed by atoms with Gasteiger partial charge in [0.15, 0.2) is 6.10 Å². The van der Waals surface area contributed by atoms with Crippen molar-refractivity contribution in [2.45, 2.75) is 122 Å². The fourth-order valence-electron chi connectivity index (χ4n) is 4.40. The molecule has 0 aromatic rings. The number of nitrogens with two attached hydrogens (primary N) is 1. The minimum Gasteiger partial charge on any atom is -0.480 e. The molecule has 0 aliphatic heterocycles. The molecule has 4 N–H and O–H groups in total. The molecule has 0 rings (SSSR count).